The molecule has 122 valence electrons. The minimum atomic E-state index is -3.28. The zero-order chi connectivity index (χ0) is 16.2. The molecule has 2 N–H and O–H groups in total. The third-order valence-electron chi connectivity index (χ3n) is 3.97. The number of carbonyl (C=O) groups is 1. The van der Waals surface area contributed by atoms with Crippen molar-refractivity contribution >= 4 is 15.7 Å². The van der Waals surface area contributed by atoms with Gasteiger partial charge in [0.15, 0.2) is 9.84 Å². The van der Waals surface area contributed by atoms with Crippen LogP contribution in [0.5, 0.6) is 0 Å². The Morgan fingerprint density at radius 2 is 1.95 bits per heavy atom. The van der Waals surface area contributed by atoms with E-state index in [0.29, 0.717) is 6.54 Å². The van der Waals surface area contributed by atoms with Crippen molar-refractivity contribution in [2.75, 3.05) is 24.6 Å². The molecule has 1 saturated heterocycles. The molecule has 1 aliphatic heterocycles. The van der Waals surface area contributed by atoms with Crippen LogP contribution in [0.25, 0.3) is 0 Å². The van der Waals surface area contributed by atoms with Gasteiger partial charge in [-0.1, -0.05) is 12.1 Å². The summed E-state index contributed by atoms with van der Waals surface area (Å²) < 4.78 is 36.8. The van der Waals surface area contributed by atoms with Gasteiger partial charge in [-0.25, -0.2) is 12.8 Å². The zero-order valence-corrected chi connectivity index (χ0v) is 13.2. The summed E-state index contributed by atoms with van der Waals surface area (Å²) in [7, 11) is -3.28. The molecule has 22 heavy (non-hydrogen) atoms. The molecule has 1 aliphatic rings. The quantitative estimate of drug-likeness (QED) is 0.817. The van der Waals surface area contributed by atoms with Gasteiger partial charge in [0.05, 0.1) is 11.5 Å². The topological polar surface area (TPSA) is 80.5 Å². The maximum atomic E-state index is 13.0. The molecular weight excluding hydrogens is 307 g/mol. The van der Waals surface area contributed by atoms with Crippen molar-refractivity contribution in [2.24, 2.45) is 5.73 Å². The highest BCUT2D eigenvalue weighted by Crippen LogP contribution is 2.31. The number of carbonyl (C=O) groups excluding carboxylic acids is 1. The third-order valence-corrected chi connectivity index (χ3v) is 5.60. The van der Waals surface area contributed by atoms with E-state index in [1.54, 1.807) is 12.1 Å². The van der Waals surface area contributed by atoms with Crippen LogP contribution in [0.1, 0.15) is 30.9 Å². The van der Waals surface area contributed by atoms with Gasteiger partial charge >= 0.3 is 0 Å². The number of nitrogens with zero attached hydrogens (tertiary/aromatic N) is 1. The molecule has 1 amide bonds. The van der Waals surface area contributed by atoms with Crippen LogP contribution >= 0.6 is 0 Å². The molecule has 7 heteroatoms. The first-order chi connectivity index (χ1) is 10.4. The first-order valence-corrected chi connectivity index (χ1v) is 9.18. The van der Waals surface area contributed by atoms with E-state index in [1.165, 1.54) is 12.1 Å². The summed E-state index contributed by atoms with van der Waals surface area (Å²) >= 11 is 0. The Morgan fingerprint density at radius 1 is 1.27 bits per heavy atom. The Bertz CT molecular complexity index is 616. The molecule has 0 saturated carbocycles. The van der Waals surface area contributed by atoms with Crippen LogP contribution in [0.4, 0.5) is 4.39 Å². The smallest absolute Gasteiger partial charge is 0.218 e. The molecule has 0 radical (unpaired) electrons. The van der Waals surface area contributed by atoms with E-state index in [0.717, 1.165) is 24.9 Å². The fourth-order valence-corrected chi connectivity index (χ4v) is 4.00. The number of rotatable bonds is 7. The van der Waals surface area contributed by atoms with Crippen molar-refractivity contribution in [3.63, 3.8) is 0 Å². The number of primary amides is 1. The number of amides is 1. The summed E-state index contributed by atoms with van der Waals surface area (Å²) in [5.41, 5.74) is 5.99. The molecule has 0 spiro atoms. The normalized spacial score (nSPS) is 19.4. The molecule has 1 aromatic rings. The Hall–Kier alpha value is -1.47. The number of halogens is 1. The average molecular weight is 328 g/mol. The van der Waals surface area contributed by atoms with Crippen molar-refractivity contribution in [3.05, 3.63) is 35.6 Å². The van der Waals surface area contributed by atoms with E-state index < -0.39 is 15.7 Å². The predicted molar refractivity (Wildman–Crippen MR) is 82.4 cm³/mol. The minimum Gasteiger partial charge on any atom is -0.370 e. The van der Waals surface area contributed by atoms with Gasteiger partial charge in [0.2, 0.25) is 5.91 Å². The molecule has 1 aromatic carbocycles. The molecule has 0 unspecified atom stereocenters. The number of hydrogen-bond donors (Lipinski definition) is 1. The van der Waals surface area contributed by atoms with Gasteiger partial charge in [0.25, 0.3) is 0 Å². The fourth-order valence-electron chi connectivity index (χ4n) is 2.77. The summed E-state index contributed by atoms with van der Waals surface area (Å²) in [6.07, 6.45) is 1.79. The van der Waals surface area contributed by atoms with Crippen molar-refractivity contribution < 1.29 is 17.6 Å². The lowest BCUT2D eigenvalue weighted by molar-refractivity contribution is -0.117. The lowest BCUT2D eigenvalue weighted by atomic mass is 10.0. The molecule has 0 bridgehead atoms. The summed E-state index contributed by atoms with van der Waals surface area (Å²) in [4.78, 5) is 12.8. The number of benzene rings is 1. The summed E-state index contributed by atoms with van der Waals surface area (Å²) in [5, 5.41) is 0. The molecule has 0 aliphatic carbocycles. The molecule has 1 fully saturated rings. The van der Waals surface area contributed by atoms with Crippen molar-refractivity contribution in [2.45, 2.75) is 25.3 Å². The van der Waals surface area contributed by atoms with Gasteiger partial charge in [-0.3, -0.25) is 9.69 Å². The maximum Gasteiger partial charge on any atom is 0.218 e. The largest absolute Gasteiger partial charge is 0.370 e. The van der Waals surface area contributed by atoms with E-state index in [9.17, 15) is 17.6 Å². The van der Waals surface area contributed by atoms with Crippen LogP contribution in [-0.2, 0) is 14.6 Å². The second kappa shape index (κ2) is 7.19. The maximum absolute atomic E-state index is 13.0. The van der Waals surface area contributed by atoms with Crippen molar-refractivity contribution in [1.29, 1.82) is 0 Å². The van der Waals surface area contributed by atoms with Crippen LogP contribution in [0, 0.1) is 5.82 Å². The molecule has 1 atom stereocenters. The Labute approximate surface area is 130 Å². The van der Waals surface area contributed by atoms with Crippen molar-refractivity contribution in [1.82, 2.24) is 4.90 Å². The highest BCUT2D eigenvalue weighted by Gasteiger charge is 2.27. The van der Waals surface area contributed by atoms with Gasteiger partial charge in [0, 0.05) is 19.0 Å². The summed E-state index contributed by atoms with van der Waals surface area (Å²) in [6.45, 7) is 1.25. The van der Waals surface area contributed by atoms with Crippen molar-refractivity contribution in [3.8, 4) is 0 Å². The van der Waals surface area contributed by atoms with Crippen LogP contribution in [-0.4, -0.2) is 43.8 Å². The van der Waals surface area contributed by atoms with E-state index in [4.69, 9.17) is 5.73 Å². The Kier molecular flexibility index (Phi) is 5.52. The first kappa shape index (κ1) is 16.9. The lowest BCUT2D eigenvalue weighted by Gasteiger charge is -2.24. The van der Waals surface area contributed by atoms with Gasteiger partial charge in [0.1, 0.15) is 5.82 Å². The van der Waals surface area contributed by atoms with E-state index in [-0.39, 0.29) is 29.8 Å². The van der Waals surface area contributed by atoms with Gasteiger partial charge in [-0.2, -0.15) is 0 Å². The third kappa shape index (κ3) is 4.78. The summed E-state index contributed by atoms with van der Waals surface area (Å²) in [5.74, 6) is -1.06. The highest BCUT2D eigenvalue weighted by molar-refractivity contribution is 7.91. The Morgan fingerprint density at radius 3 is 2.59 bits per heavy atom. The van der Waals surface area contributed by atoms with E-state index in [1.807, 2.05) is 0 Å². The lowest BCUT2D eigenvalue weighted by Crippen LogP contribution is -2.30. The molecule has 2 rings (SSSR count). The van der Waals surface area contributed by atoms with Gasteiger partial charge < -0.3 is 5.73 Å². The minimum absolute atomic E-state index is 0.0119. The van der Waals surface area contributed by atoms with Gasteiger partial charge in [-0.15, -0.1) is 0 Å². The van der Waals surface area contributed by atoms with Crippen LogP contribution < -0.4 is 5.73 Å². The molecule has 5 nitrogen and oxygen atoms in total. The Balaban J connectivity index is 1.94. The van der Waals surface area contributed by atoms with Gasteiger partial charge in [-0.05, 0) is 37.1 Å². The second-order valence-corrected chi connectivity index (χ2v) is 7.92. The van der Waals surface area contributed by atoms with E-state index >= 15 is 0 Å². The second-order valence-electron chi connectivity index (χ2n) is 5.61. The zero-order valence-electron chi connectivity index (χ0n) is 12.4. The predicted octanol–water partition coefficient (Wildman–Crippen LogP) is 1.25. The molecular formula is C15H21FN2O3S. The standard InChI is InChI=1S/C15H21FN2O3S/c16-13-5-3-12(4-6-13)14-2-1-8-18(14)9-11-22(20,21)10-7-15(17)19/h3-6,14H,1-2,7-11H2,(H2,17,19)/t14-/m0/s1. The molecule has 1 heterocycles. The van der Waals surface area contributed by atoms with Crippen LogP contribution in [0.3, 0.4) is 0 Å². The van der Waals surface area contributed by atoms with Crippen LogP contribution in [0.15, 0.2) is 24.3 Å². The number of hydrogen-bond acceptors (Lipinski definition) is 4. The number of nitrogens with two attached hydrogens (primary N) is 1. The van der Waals surface area contributed by atoms with Crippen LogP contribution in [0.2, 0.25) is 0 Å². The number of sulfone groups is 1. The summed E-state index contributed by atoms with van der Waals surface area (Å²) in [6, 6.07) is 6.48. The fraction of sp³-hybridized carbons (Fsp3) is 0.533. The van der Waals surface area contributed by atoms with E-state index in [2.05, 4.69) is 4.90 Å². The number of likely N-dealkylation sites (tertiary alicyclic amines) is 1. The SMILES string of the molecule is NC(=O)CCS(=O)(=O)CCN1CCC[C@H]1c1ccc(F)cc1. The first-order valence-electron chi connectivity index (χ1n) is 7.35. The monoisotopic (exact) mass is 328 g/mol. The average Bonchev–Trinajstić information content (AvgIpc) is 2.93. The highest BCUT2D eigenvalue weighted by atomic mass is 32.2. The molecule has 0 aromatic heterocycles.